The van der Waals surface area contributed by atoms with E-state index in [1.54, 1.807) is 6.08 Å². The molecule has 0 aliphatic carbocycles. The number of aliphatic hydroxyl groups is 1. The molecule has 0 aromatic heterocycles. The number of aliphatic hydroxyl groups excluding tert-OH is 1. The molecule has 29 heavy (non-hydrogen) atoms. The third-order valence-electron chi connectivity index (χ3n) is 4.50. The highest BCUT2D eigenvalue weighted by Crippen LogP contribution is 2.37. The van der Waals surface area contributed by atoms with E-state index in [0.717, 1.165) is 0 Å². The molecule has 0 saturated carbocycles. The topological polar surface area (TPSA) is 144 Å². The normalized spacial score (nSPS) is 18.8. The minimum atomic E-state index is -4.08. The molecule has 3 N–H and O–H groups in total. The van der Waals surface area contributed by atoms with E-state index >= 15 is 0 Å². The second kappa shape index (κ2) is 8.55. The number of hydrogen-bond donors (Lipinski definition) is 3. The van der Waals surface area contributed by atoms with E-state index in [0.29, 0.717) is 16.3 Å². The maximum atomic E-state index is 13.5. The molecule has 2 aliphatic heterocycles. The highest BCUT2D eigenvalue weighted by Gasteiger charge is 2.48. The van der Waals surface area contributed by atoms with Crippen LogP contribution in [-0.2, 0) is 24.3 Å². The van der Waals surface area contributed by atoms with E-state index < -0.39 is 27.0 Å². The molecule has 1 amide bonds. The number of hydrogen-bond acceptors (Lipinski definition) is 9. The van der Waals surface area contributed by atoms with Crippen molar-refractivity contribution in [2.45, 2.75) is 35.7 Å². The zero-order valence-electron chi connectivity index (χ0n) is 15.6. The highest BCUT2D eigenvalue weighted by atomic mass is 32.2. The molecule has 1 unspecified atom stereocenters. The Balaban J connectivity index is 1.91. The maximum absolute atomic E-state index is 13.5. The van der Waals surface area contributed by atoms with E-state index in [4.69, 9.17) is 19.3 Å². The van der Waals surface area contributed by atoms with Gasteiger partial charge in [0.25, 0.3) is 0 Å². The van der Waals surface area contributed by atoms with Gasteiger partial charge in [-0.3, -0.25) is 14.6 Å². The first-order valence-corrected chi connectivity index (χ1v) is 10.3. The molecule has 0 radical (unpaired) electrons. The average molecular weight is 430 g/mol. The Labute approximate surface area is 167 Å². The smallest absolute Gasteiger partial charge is 0.423 e. The van der Waals surface area contributed by atoms with Crippen LogP contribution in [0, 0.1) is 0 Å². The molecule has 1 fully saturated rings. The number of benzene rings is 1. The van der Waals surface area contributed by atoms with Crippen LogP contribution in [0.3, 0.4) is 0 Å². The minimum Gasteiger partial charge on any atom is -0.464 e. The van der Waals surface area contributed by atoms with Crippen LogP contribution in [0.5, 0.6) is 5.75 Å². The number of rotatable bonds is 7. The Bertz CT molecular complexity index is 879. The lowest BCUT2D eigenvalue weighted by molar-refractivity contribution is -0.161. The van der Waals surface area contributed by atoms with E-state index in [-0.39, 0.29) is 37.5 Å². The minimum absolute atomic E-state index is 0.0169. The van der Waals surface area contributed by atoms with Crippen LogP contribution < -0.4 is 10.5 Å². The van der Waals surface area contributed by atoms with Crippen molar-refractivity contribution in [1.29, 1.82) is 0 Å². The summed E-state index contributed by atoms with van der Waals surface area (Å²) in [5.41, 5.74) is 2.69. The fourth-order valence-corrected chi connectivity index (χ4v) is 4.77. The molecule has 0 spiro atoms. The summed E-state index contributed by atoms with van der Waals surface area (Å²) in [6.45, 7) is 1.31. The molecule has 2 aliphatic rings. The van der Waals surface area contributed by atoms with Crippen molar-refractivity contribution in [3.05, 3.63) is 30.0 Å². The molecular formula is C17H22N2O9S. The number of fused-ring (bicyclic) bond motifs is 1. The summed E-state index contributed by atoms with van der Waals surface area (Å²) in [6.07, 6.45) is 0.388. The van der Waals surface area contributed by atoms with E-state index in [2.05, 4.69) is 5.59 Å². The van der Waals surface area contributed by atoms with Gasteiger partial charge < -0.3 is 14.9 Å². The van der Waals surface area contributed by atoms with Crippen LogP contribution in [-0.4, -0.2) is 60.5 Å². The van der Waals surface area contributed by atoms with Crippen molar-refractivity contribution >= 4 is 22.0 Å². The standard InChI is InChI=1S/C17H22N2O9S/c1-12(20)11-19(16(21)22)18-28-17(5-8-25-9-6-17)29(23,24)14-2-3-15-13(10-14)4-7-26-27-15/h2-4,7,10,12,18,20H,5-6,8-9,11H2,1H3,(H,21,22). The van der Waals surface area contributed by atoms with Gasteiger partial charge in [0.15, 0.2) is 5.75 Å². The van der Waals surface area contributed by atoms with Crippen LogP contribution in [0.4, 0.5) is 4.79 Å². The largest absolute Gasteiger partial charge is 0.464 e. The van der Waals surface area contributed by atoms with Gasteiger partial charge in [-0.15, -0.1) is 5.59 Å². The highest BCUT2D eigenvalue weighted by molar-refractivity contribution is 7.92. The van der Waals surface area contributed by atoms with Gasteiger partial charge in [-0.2, -0.15) is 0 Å². The molecule has 1 atom stereocenters. The van der Waals surface area contributed by atoms with Crippen molar-refractivity contribution in [2.75, 3.05) is 19.8 Å². The van der Waals surface area contributed by atoms with Gasteiger partial charge in [0, 0.05) is 18.4 Å². The summed E-state index contributed by atoms with van der Waals surface area (Å²) in [5.74, 6) is 0.362. The van der Waals surface area contributed by atoms with Crippen LogP contribution in [0.25, 0.3) is 6.08 Å². The monoisotopic (exact) mass is 430 g/mol. The summed E-state index contributed by atoms with van der Waals surface area (Å²) in [4.78, 5) is 24.8. The van der Waals surface area contributed by atoms with Gasteiger partial charge >= 0.3 is 6.09 Å². The Kier molecular flexibility index (Phi) is 6.29. The van der Waals surface area contributed by atoms with E-state index in [9.17, 15) is 23.4 Å². The summed E-state index contributed by atoms with van der Waals surface area (Å²) in [7, 11) is -4.08. The van der Waals surface area contributed by atoms with Crippen LogP contribution >= 0.6 is 0 Å². The first-order chi connectivity index (χ1) is 13.7. The number of nitrogens with zero attached hydrogens (tertiary/aromatic N) is 1. The second-order valence-electron chi connectivity index (χ2n) is 6.64. The quantitative estimate of drug-likeness (QED) is 0.424. The summed E-state index contributed by atoms with van der Waals surface area (Å²) in [5, 5.41) is 19.3. The number of sulfone groups is 1. The van der Waals surface area contributed by atoms with Crippen molar-refractivity contribution in [3.63, 3.8) is 0 Å². The lowest BCUT2D eigenvalue weighted by Gasteiger charge is -2.37. The summed E-state index contributed by atoms with van der Waals surface area (Å²) < 4.78 is 32.2. The van der Waals surface area contributed by atoms with Gasteiger partial charge in [0.1, 0.15) is 6.26 Å². The number of nitrogens with one attached hydrogen (secondary N) is 1. The lowest BCUT2D eigenvalue weighted by atomic mass is 10.1. The van der Waals surface area contributed by atoms with E-state index in [1.807, 2.05) is 0 Å². The lowest BCUT2D eigenvalue weighted by Crippen LogP contribution is -2.55. The van der Waals surface area contributed by atoms with Crippen molar-refractivity contribution in [3.8, 4) is 5.75 Å². The maximum Gasteiger partial charge on any atom is 0.423 e. The fraction of sp³-hybridized carbons (Fsp3) is 0.471. The number of ether oxygens (including phenoxy) is 1. The summed E-state index contributed by atoms with van der Waals surface area (Å²) in [6, 6.07) is 4.25. The molecule has 12 heteroatoms. The van der Waals surface area contributed by atoms with Gasteiger partial charge in [0.2, 0.25) is 14.8 Å². The fourth-order valence-electron chi connectivity index (χ4n) is 2.96. The number of amides is 1. The van der Waals surface area contributed by atoms with Crippen molar-refractivity contribution in [2.24, 2.45) is 0 Å². The third kappa shape index (κ3) is 4.46. The SMILES string of the molecule is CC(O)CN(NOC1(S(=O)(=O)c2ccc3c(c2)C=COO3)CCOCC1)C(=O)O. The number of carbonyl (C=O) groups is 1. The number of hydrazine groups is 1. The molecular weight excluding hydrogens is 408 g/mol. The molecule has 2 heterocycles. The Morgan fingerprint density at radius 3 is 2.76 bits per heavy atom. The van der Waals surface area contributed by atoms with Crippen molar-refractivity contribution in [1.82, 2.24) is 10.6 Å². The molecule has 160 valence electrons. The van der Waals surface area contributed by atoms with Gasteiger partial charge in [-0.1, -0.05) is 0 Å². The molecule has 1 saturated heterocycles. The molecule has 1 aromatic rings. The van der Waals surface area contributed by atoms with Crippen molar-refractivity contribution < 1.29 is 42.8 Å². The molecule has 11 nitrogen and oxygen atoms in total. The predicted molar refractivity (Wildman–Crippen MR) is 97.8 cm³/mol. The van der Waals surface area contributed by atoms with Crippen LogP contribution in [0.2, 0.25) is 0 Å². The zero-order valence-corrected chi connectivity index (χ0v) is 16.4. The molecule has 0 bridgehead atoms. The third-order valence-corrected chi connectivity index (χ3v) is 6.84. The Morgan fingerprint density at radius 1 is 1.38 bits per heavy atom. The molecule has 3 rings (SSSR count). The van der Waals surface area contributed by atoms with Crippen LogP contribution in [0.15, 0.2) is 29.4 Å². The average Bonchev–Trinajstić information content (AvgIpc) is 2.70. The Morgan fingerprint density at radius 2 is 2.10 bits per heavy atom. The second-order valence-corrected chi connectivity index (χ2v) is 8.87. The van der Waals surface area contributed by atoms with E-state index in [1.165, 1.54) is 31.4 Å². The first-order valence-electron chi connectivity index (χ1n) is 8.84. The van der Waals surface area contributed by atoms with Gasteiger partial charge in [-0.05, 0) is 31.2 Å². The van der Waals surface area contributed by atoms with Crippen LogP contribution in [0.1, 0.15) is 25.3 Å². The molecule has 1 aromatic carbocycles. The predicted octanol–water partition coefficient (Wildman–Crippen LogP) is 1.06. The number of carboxylic acid groups (broad SMARTS) is 1. The first kappa shape index (κ1) is 21.3. The van der Waals surface area contributed by atoms with Gasteiger partial charge in [0.05, 0.1) is 30.8 Å². The summed E-state index contributed by atoms with van der Waals surface area (Å²) >= 11 is 0. The van der Waals surface area contributed by atoms with Gasteiger partial charge in [-0.25, -0.2) is 18.2 Å². The Hall–Kier alpha value is -2.38. The zero-order chi connectivity index (χ0) is 21.1.